The minimum absolute atomic E-state index is 0.00836. The maximum atomic E-state index is 12.7. The van der Waals surface area contributed by atoms with Crippen molar-refractivity contribution in [2.24, 2.45) is 5.41 Å². The van der Waals surface area contributed by atoms with Crippen molar-refractivity contribution in [2.45, 2.75) is 59.1 Å². The van der Waals surface area contributed by atoms with Crippen LogP contribution in [0.5, 0.6) is 5.75 Å². The number of pyridine rings is 1. The molecule has 1 N–H and O–H groups in total. The van der Waals surface area contributed by atoms with Crippen molar-refractivity contribution in [1.82, 2.24) is 4.57 Å². The highest BCUT2D eigenvalue weighted by Gasteiger charge is 2.40. The fourth-order valence-electron chi connectivity index (χ4n) is 5.08. The van der Waals surface area contributed by atoms with Crippen LogP contribution in [0.3, 0.4) is 0 Å². The first-order chi connectivity index (χ1) is 15.0. The molecule has 6 heteroatoms. The van der Waals surface area contributed by atoms with Gasteiger partial charge in [-0.2, -0.15) is 0 Å². The highest BCUT2D eigenvalue weighted by Crippen LogP contribution is 2.51. The summed E-state index contributed by atoms with van der Waals surface area (Å²) in [6.07, 6.45) is 4.63. The van der Waals surface area contributed by atoms with E-state index in [0.717, 1.165) is 41.0 Å². The van der Waals surface area contributed by atoms with E-state index in [2.05, 4.69) is 34.6 Å². The van der Waals surface area contributed by atoms with Gasteiger partial charge in [0.05, 0.1) is 17.5 Å². The quantitative estimate of drug-likeness (QED) is 0.591. The van der Waals surface area contributed by atoms with E-state index in [9.17, 15) is 14.7 Å². The number of aromatic nitrogens is 1. The average Bonchev–Trinajstić information content (AvgIpc) is 3.32. The molecule has 0 amide bonds. The van der Waals surface area contributed by atoms with E-state index < -0.39 is 11.4 Å². The second-order valence-corrected chi connectivity index (χ2v) is 10.5. The first kappa shape index (κ1) is 20.6. The van der Waals surface area contributed by atoms with Gasteiger partial charge in [-0.3, -0.25) is 4.79 Å². The second-order valence-electron chi connectivity index (χ2n) is 10.5. The van der Waals surface area contributed by atoms with E-state index in [1.807, 2.05) is 22.8 Å². The van der Waals surface area contributed by atoms with Gasteiger partial charge in [-0.25, -0.2) is 4.79 Å². The number of hydrogen-bond donors (Lipinski definition) is 1. The Labute approximate surface area is 186 Å². The molecule has 0 fully saturated rings. The summed E-state index contributed by atoms with van der Waals surface area (Å²) in [5.74, 6) is 0.342. The summed E-state index contributed by atoms with van der Waals surface area (Å²) in [6.45, 7) is 10.6. The molecule has 0 saturated carbocycles. The summed E-state index contributed by atoms with van der Waals surface area (Å²) in [6, 6.07) is 7.23. The lowest BCUT2D eigenvalue weighted by Gasteiger charge is -2.39. The van der Waals surface area contributed by atoms with Crippen LogP contribution in [0.15, 0.2) is 45.9 Å². The fourth-order valence-corrected chi connectivity index (χ4v) is 5.08. The van der Waals surface area contributed by atoms with E-state index >= 15 is 0 Å². The van der Waals surface area contributed by atoms with Crippen LogP contribution < -0.4 is 10.2 Å². The number of furan rings is 1. The summed E-state index contributed by atoms with van der Waals surface area (Å²) in [5, 5.41) is 9.56. The highest BCUT2D eigenvalue weighted by atomic mass is 16.5. The van der Waals surface area contributed by atoms with Crippen molar-refractivity contribution in [1.29, 1.82) is 0 Å². The van der Waals surface area contributed by atoms with Gasteiger partial charge in [0.1, 0.15) is 22.7 Å². The molecule has 2 aliphatic heterocycles. The van der Waals surface area contributed by atoms with E-state index in [-0.39, 0.29) is 22.6 Å². The van der Waals surface area contributed by atoms with Gasteiger partial charge in [0, 0.05) is 35.9 Å². The monoisotopic (exact) mass is 433 g/mol. The topological polar surface area (TPSA) is 81.7 Å². The summed E-state index contributed by atoms with van der Waals surface area (Å²) in [5.41, 5.74) is 3.65. The van der Waals surface area contributed by atoms with Crippen molar-refractivity contribution in [3.05, 3.63) is 63.6 Å². The molecule has 5 rings (SSSR count). The molecule has 1 atom stereocenters. The molecule has 0 radical (unpaired) electrons. The van der Waals surface area contributed by atoms with Crippen LogP contribution >= 0.6 is 0 Å². The molecule has 1 unspecified atom stereocenters. The largest absolute Gasteiger partial charge is 0.486 e. The Hall–Kier alpha value is -3.28. The summed E-state index contributed by atoms with van der Waals surface area (Å²) < 4.78 is 14.1. The van der Waals surface area contributed by atoms with Crippen molar-refractivity contribution < 1.29 is 19.1 Å². The number of carboxylic acids is 1. The normalized spacial score (nSPS) is 18.5. The average molecular weight is 434 g/mol. The van der Waals surface area contributed by atoms with E-state index in [4.69, 9.17) is 9.15 Å². The lowest BCUT2D eigenvalue weighted by molar-refractivity contribution is 0.0693. The van der Waals surface area contributed by atoms with Crippen molar-refractivity contribution >= 4 is 5.97 Å². The number of ether oxygens (including phenoxy) is 1. The Morgan fingerprint density at radius 2 is 1.94 bits per heavy atom. The second kappa shape index (κ2) is 6.61. The minimum Gasteiger partial charge on any atom is -0.486 e. The molecule has 0 spiro atoms. The molecule has 6 nitrogen and oxygen atoms in total. The third-order valence-corrected chi connectivity index (χ3v) is 6.58. The van der Waals surface area contributed by atoms with Gasteiger partial charge in [0.25, 0.3) is 0 Å². The molecule has 2 aliphatic rings. The zero-order valence-electron chi connectivity index (χ0n) is 19.0. The first-order valence-electron chi connectivity index (χ1n) is 10.9. The first-order valence-corrected chi connectivity index (χ1v) is 10.9. The SMILES string of the molecule is CC1(C)Cc2c3c(cc(-c4ccco4)c2O1)-c1cc(=O)c(C(=O)O)cn1C(C(C)(C)C)C3. The van der Waals surface area contributed by atoms with Crippen LogP contribution in [0.1, 0.15) is 62.1 Å². The molecule has 0 saturated heterocycles. The number of hydrogen-bond acceptors (Lipinski definition) is 4. The predicted octanol–water partition coefficient (Wildman–Crippen LogP) is 5.33. The summed E-state index contributed by atoms with van der Waals surface area (Å²) in [4.78, 5) is 24.4. The molecular weight excluding hydrogens is 406 g/mol. The molecule has 166 valence electrons. The van der Waals surface area contributed by atoms with Crippen molar-refractivity contribution in [2.75, 3.05) is 0 Å². The maximum Gasteiger partial charge on any atom is 0.341 e. The number of carbonyl (C=O) groups is 1. The lowest BCUT2D eigenvalue weighted by atomic mass is 9.76. The van der Waals surface area contributed by atoms with Gasteiger partial charge < -0.3 is 18.8 Å². The Kier molecular flexibility index (Phi) is 4.26. The van der Waals surface area contributed by atoms with Crippen LogP contribution in [-0.4, -0.2) is 21.2 Å². The predicted molar refractivity (Wildman–Crippen MR) is 121 cm³/mol. The summed E-state index contributed by atoms with van der Waals surface area (Å²) >= 11 is 0. The maximum absolute atomic E-state index is 12.7. The number of rotatable bonds is 2. The van der Waals surface area contributed by atoms with Gasteiger partial charge in [0.15, 0.2) is 5.43 Å². The molecule has 0 aliphatic carbocycles. The van der Waals surface area contributed by atoms with E-state index in [0.29, 0.717) is 5.76 Å². The number of benzene rings is 1. The Balaban J connectivity index is 1.85. The smallest absolute Gasteiger partial charge is 0.341 e. The van der Waals surface area contributed by atoms with Crippen LogP contribution in [-0.2, 0) is 12.8 Å². The molecule has 1 aromatic carbocycles. The summed E-state index contributed by atoms with van der Waals surface area (Å²) in [7, 11) is 0. The van der Waals surface area contributed by atoms with Crippen molar-refractivity contribution in [3.63, 3.8) is 0 Å². The minimum atomic E-state index is -1.20. The highest BCUT2D eigenvalue weighted by molar-refractivity contribution is 5.88. The van der Waals surface area contributed by atoms with Gasteiger partial charge in [-0.05, 0) is 49.4 Å². The van der Waals surface area contributed by atoms with Gasteiger partial charge >= 0.3 is 5.97 Å². The van der Waals surface area contributed by atoms with E-state index in [1.165, 1.54) is 17.8 Å². The van der Waals surface area contributed by atoms with Crippen LogP contribution in [0, 0.1) is 5.41 Å². The molecular formula is C26H27NO5. The zero-order valence-corrected chi connectivity index (χ0v) is 19.0. The number of aromatic carboxylic acids is 1. The number of nitrogens with zero attached hydrogens (tertiary/aromatic N) is 1. The fraction of sp³-hybridized carbons (Fsp3) is 0.385. The third-order valence-electron chi connectivity index (χ3n) is 6.58. The van der Waals surface area contributed by atoms with Crippen LogP contribution in [0.25, 0.3) is 22.6 Å². The van der Waals surface area contributed by atoms with Gasteiger partial charge in [-0.15, -0.1) is 0 Å². The molecule has 2 aromatic heterocycles. The zero-order chi connectivity index (χ0) is 23.0. The molecule has 4 heterocycles. The third kappa shape index (κ3) is 3.08. The van der Waals surface area contributed by atoms with Crippen molar-refractivity contribution in [3.8, 4) is 28.3 Å². The van der Waals surface area contributed by atoms with E-state index in [1.54, 1.807) is 6.26 Å². The Morgan fingerprint density at radius 3 is 2.56 bits per heavy atom. The Morgan fingerprint density at radius 1 is 1.19 bits per heavy atom. The molecule has 0 bridgehead atoms. The Bertz CT molecular complexity index is 1310. The van der Waals surface area contributed by atoms with Gasteiger partial charge in [0.2, 0.25) is 0 Å². The number of carboxylic acid groups (broad SMARTS) is 1. The molecule has 3 aromatic rings. The molecule has 32 heavy (non-hydrogen) atoms. The lowest BCUT2D eigenvalue weighted by Crippen LogP contribution is -2.33. The van der Waals surface area contributed by atoms with Crippen LogP contribution in [0.4, 0.5) is 0 Å². The van der Waals surface area contributed by atoms with Crippen LogP contribution in [0.2, 0.25) is 0 Å². The van der Waals surface area contributed by atoms with Gasteiger partial charge in [-0.1, -0.05) is 20.8 Å². The standard InChI is InChI=1S/C26H27NO5/c1-25(2,3)22-10-14-15(19-11-20(28)18(24(29)30)13-27(19)22)9-16(21-7-6-8-31-21)23-17(14)12-26(4,5)32-23/h6-9,11,13,22H,10,12H2,1-5H3,(H,29,30). The number of fused-ring (bicyclic) bond motifs is 5.